The van der Waals surface area contributed by atoms with E-state index in [1.807, 2.05) is 6.08 Å². The number of ketones is 1. The van der Waals surface area contributed by atoms with E-state index in [0.717, 1.165) is 90.4 Å². The average Bonchev–Trinajstić information content (AvgIpc) is 3.57. The third-order valence-corrected chi connectivity index (χ3v) is 14.2. The van der Waals surface area contributed by atoms with Gasteiger partial charge < -0.3 is 14.5 Å². The Balaban J connectivity index is 2.88. The maximum absolute atomic E-state index is 13.9. The Kier molecular flexibility index (Phi) is 44.8. The fourth-order valence-corrected chi connectivity index (χ4v) is 9.75. The summed E-state index contributed by atoms with van der Waals surface area (Å²) in [6.07, 6.45) is 50.7. The summed E-state index contributed by atoms with van der Waals surface area (Å²) in [5.74, 6) is 0.318. The van der Waals surface area contributed by atoms with E-state index in [1.54, 1.807) is 0 Å². The lowest BCUT2D eigenvalue weighted by Crippen LogP contribution is -2.32. The topological polar surface area (TPSA) is 70.2 Å². The molecule has 0 unspecified atom stereocenters. The Morgan fingerprint density at radius 1 is 0.478 bits per heavy atom. The van der Waals surface area contributed by atoms with Crippen molar-refractivity contribution < 1.29 is 19.1 Å². The van der Waals surface area contributed by atoms with E-state index >= 15 is 0 Å². The number of carbonyl (C=O) groups excluding carboxylic acids is 3. The molecule has 0 spiro atoms. The van der Waals surface area contributed by atoms with Crippen LogP contribution in [0, 0.1) is 0 Å². The summed E-state index contributed by atoms with van der Waals surface area (Å²) in [5.41, 5.74) is 2.69. The fourth-order valence-electron chi connectivity index (χ4n) is 9.75. The van der Waals surface area contributed by atoms with Crippen molar-refractivity contribution in [2.24, 2.45) is 0 Å². The van der Waals surface area contributed by atoms with Crippen LogP contribution in [0.5, 0.6) is 0 Å². The molecule has 67 heavy (non-hydrogen) atoms. The van der Waals surface area contributed by atoms with E-state index in [4.69, 9.17) is 4.74 Å². The molecule has 1 saturated heterocycles. The third kappa shape index (κ3) is 39.4. The molecule has 1 amide bonds. The standard InChI is InChI=1S/C60H113N3O4/c1-6-11-16-20-24-28-33-39-56(44-51-61(46-34-29-25-21-17-12-7-2)47-35-30-26-22-18-13-8-3)42-43-59(65)63-50-37-40-57(45-52-63)54-58(64)55-62(48-36-31-27-23-19-14-9-4)49-38-53-67-60(66)41-32-15-10-5/h42,54H,6-41,43-53,55H2,1-5H3/b56-42+,57-54-. The first-order valence-corrected chi connectivity index (χ1v) is 29.6. The highest BCUT2D eigenvalue weighted by molar-refractivity contribution is 5.92. The van der Waals surface area contributed by atoms with Crippen molar-refractivity contribution in [3.8, 4) is 0 Å². The number of amides is 1. The Bertz CT molecular complexity index is 1200. The van der Waals surface area contributed by atoms with Gasteiger partial charge in [0, 0.05) is 39.0 Å². The number of hydrogen-bond donors (Lipinski definition) is 0. The second-order valence-electron chi connectivity index (χ2n) is 20.7. The number of hydrogen-bond acceptors (Lipinski definition) is 6. The zero-order valence-corrected chi connectivity index (χ0v) is 45.6. The molecule has 0 saturated carbocycles. The molecule has 1 rings (SSSR count). The molecular formula is C60H113N3O4. The van der Waals surface area contributed by atoms with Crippen LogP contribution in [0.25, 0.3) is 0 Å². The van der Waals surface area contributed by atoms with Crippen molar-refractivity contribution in [1.82, 2.24) is 14.7 Å². The number of unbranched alkanes of at least 4 members (excludes halogenated alkanes) is 26. The number of rotatable bonds is 48. The minimum absolute atomic E-state index is 0.0984. The highest BCUT2D eigenvalue weighted by atomic mass is 16.5. The first-order valence-electron chi connectivity index (χ1n) is 29.6. The van der Waals surface area contributed by atoms with Gasteiger partial charge in [0.05, 0.1) is 13.2 Å². The SMILES string of the molecule is CCCCCCCCC/C(=C\CC(=O)N1CCC/C(=C/C(=O)CN(CCCCCCCCC)CCCOC(=O)CCCCC)CC1)CCN(CCCCCCCCC)CCCCCCCCC. The van der Waals surface area contributed by atoms with Gasteiger partial charge in [-0.05, 0) is 96.3 Å². The Morgan fingerprint density at radius 3 is 1.46 bits per heavy atom. The molecule has 0 aliphatic carbocycles. The molecule has 0 aromatic heterocycles. The van der Waals surface area contributed by atoms with Gasteiger partial charge in [-0.1, -0.05) is 219 Å². The lowest BCUT2D eigenvalue weighted by atomic mass is 10.0. The summed E-state index contributed by atoms with van der Waals surface area (Å²) in [6.45, 7) is 18.8. The molecule has 7 heteroatoms. The van der Waals surface area contributed by atoms with Gasteiger partial charge in [-0.3, -0.25) is 19.3 Å². The zero-order chi connectivity index (χ0) is 48.7. The van der Waals surface area contributed by atoms with Crippen molar-refractivity contribution in [3.63, 3.8) is 0 Å². The number of carbonyl (C=O) groups is 3. The molecule has 1 aliphatic rings. The van der Waals surface area contributed by atoms with Gasteiger partial charge in [-0.15, -0.1) is 0 Å². The minimum atomic E-state index is -0.0984. The summed E-state index contributed by atoms with van der Waals surface area (Å²) < 4.78 is 5.53. The summed E-state index contributed by atoms with van der Waals surface area (Å²) >= 11 is 0. The van der Waals surface area contributed by atoms with Crippen LogP contribution in [0.2, 0.25) is 0 Å². The van der Waals surface area contributed by atoms with Gasteiger partial charge in [-0.2, -0.15) is 0 Å². The number of nitrogens with zero attached hydrogens (tertiary/aromatic N) is 3. The predicted molar refractivity (Wildman–Crippen MR) is 290 cm³/mol. The fraction of sp³-hybridized carbons (Fsp3) is 0.883. The Morgan fingerprint density at radius 2 is 0.925 bits per heavy atom. The quantitative estimate of drug-likeness (QED) is 0.0262. The molecule has 0 aromatic rings. The van der Waals surface area contributed by atoms with Crippen molar-refractivity contribution >= 4 is 17.7 Å². The maximum atomic E-state index is 13.9. The Hall–Kier alpha value is -1.99. The highest BCUT2D eigenvalue weighted by Crippen LogP contribution is 2.21. The van der Waals surface area contributed by atoms with Crippen LogP contribution in [0.3, 0.4) is 0 Å². The Labute approximate surface area is 417 Å². The van der Waals surface area contributed by atoms with Crippen LogP contribution < -0.4 is 0 Å². The lowest BCUT2D eigenvalue weighted by Gasteiger charge is -2.24. The second-order valence-corrected chi connectivity index (χ2v) is 20.7. The van der Waals surface area contributed by atoms with Crippen LogP contribution in [0.1, 0.15) is 285 Å². The lowest BCUT2D eigenvalue weighted by molar-refractivity contribution is -0.144. The molecule has 1 heterocycles. The van der Waals surface area contributed by atoms with Crippen molar-refractivity contribution in [3.05, 3.63) is 23.3 Å². The number of likely N-dealkylation sites (tertiary alicyclic amines) is 1. The predicted octanol–water partition coefficient (Wildman–Crippen LogP) is 16.7. The van der Waals surface area contributed by atoms with Gasteiger partial charge in [-0.25, -0.2) is 0 Å². The summed E-state index contributed by atoms with van der Waals surface area (Å²) in [4.78, 5) is 46.7. The van der Waals surface area contributed by atoms with Gasteiger partial charge in [0.25, 0.3) is 0 Å². The molecule has 7 nitrogen and oxygen atoms in total. The normalized spacial score (nSPS) is 14.2. The molecule has 1 aliphatic heterocycles. The van der Waals surface area contributed by atoms with E-state index < -0.39 is 0 Å². The molecule has 0 aromatic carbocycles. The van der Waals surface area contributed by atoms with Gasteiger partial charge >= 0.3 is 5.97 Å². The van der Waals surface area contributed by atoms with Crippen molar-refractivity contribution in [1.29, 1.82) is 0 Å². The molecule has 0 N–H and O–H groups in total. The van der Waals surface area contributed by atoms with Crippen LogP contribution in [-0.2, 0) is 19.1 Å². The van der Waals surface area contributed by atoms with Gasteiger partial charge in [0.1, 0.15) is 0 Å². The molecule has 1 fully saturated rings. The molecule has 392 valence electrons. The van der Waals surface area contributed by atoms with Crippen LogP contribution in [-0.4, -0.2) is 91.3 Å². The summed E-state index contributed by atoms with van der Waals surface area (Å²) in [5, 5.41) is 0. The smallest absolute Gasteiger partial charge is 0.305 e. The minimum Gasteiger partial charge on any atom is -0.466 e. The van der Waals surface area contributed by atoms with E-state index in [0.29, 0.717) is 32.5 Å². The number of ether oxygens (including phenoxy) is 1. The highest BCUT2D eigenvalue weighted by Gasteiger charge is 2.19. The first kappa shape index (κ1) is 63.0. The third-order valence-electron chi connectivity index (χ3n) is 14.2. The summed E-state index contributed by atoms with van der Waals surface area (Å²) in [7, 11) is 0. The van der Waals surface area contributed by atoms with E-state index in [1.165, 1.54) is 198 Å². The maximum Gasteiger partial charge on any atom is 0.305 e. The van der Waals surface area contributed by atoms with E-state index in [9.17, 15) is 14.4 Å². The van der Waals surface area contributed by atoms with E-state index in [2.05, 4.69) is 55.4 Å². The van der Waals surface area contributed by atoms with E-state index in [-0.39, 0.29) is 17.7 Å². The second kappa shape index (κ2) is 47.7. The van der Waals surface area contributed by atoms with Crippen LogP contribution in [0.4, 0.5) is 0 Å². The molecule has 0 atom stereocenters. The monoisotopic (exact) mass is 940 g/mol. The zero-order valence-electron chi connectivity index (χ0n) is 45.6. The molecule has 0 bridgehead atoms. The first-order chi connectivity index (χ1) is 32.9. The molecular weight excluding hydrogens is 827 g/mol. The number of esters is 1. The van der Waals surface area contributed by atoms with Crippen molar-refractivity contribution in [2.45, 2.75) is 285 Å². The summed E-state index contributed by atoms with van der Waals surface area (Å²) in [6, 6.07) is 0. The van der Waals surface area contributed by atoms with Crippen LogP contribution >= 0.6 is 0 Å². The largest absolute Gasteiger partial charge is 0.466 e. The van der Waals surface area contributed by atoms with Gasteiger partial charge in [0.15, 0.2) is 5.78 Å². The van der Waals surface area contributed by atoms with Crippen molar-refractivity contribution in [2.75, 3.05) is 59.0 Å². The van der Waals surface area contributed by atoms with Crippen LogP contribution in [0.15, 0.2) is 23.3 Å². The molecule has 0 radical (unpaired) electrons. The van der Waals surface area contributed by atoms with Gasteiger partial charge in [0.2, 0.25) is 5.91 Å². The average molecular weight is 941 g/mol.